The molecule has 2 aromatic heterocycles. The van der Waals surface area contributed by atoms with Gasteiger partial charge in [0.2, 0.25) is 0 Å². The minimum absolute atomic E-state index is 0.00188. The lowest BCUT2D eigenvalue weighted by molar-refractivity contribution is 0.0786. The fourth-order valence-electron chi connectivity index (χ4n) is 4.06. The largest absolute Gasteiger partial charge is 0.355 e. The van der Waals surface area contributed by atoms with E-state index >= 15 is 0 Å². The molecule has 0 aliphatic carbocycles. The molecule has 0 bridgehead atoms. The molecule has 0 aromatic carbocycles. The van der Waals surface area contributed by atoms with Crippen LogP contribution in [0, 0.1) is 5.92 Å². The number of carbonyl (C=O) groups is 1. The van der Waals surface area contributed by atoms with E-state index in [1.165, 1.54) is 0 Å². The molecule has 4 rings (SSSR count). The maximum atomic E-state index is 12.6. The summed E-state index contributed by atoms with van der Waals surface area (Å²) >= 11 is 0. The zero-order chi connectivity index (χ0) is 19.5. The van der Waals surface area contributed by atoms with Gasteiger partial charge in [-0.25, -0.2) is 9.67 Å². The van der Waals surface area contributed by atoms with Crippen molar-refractivity contribution in [1.29, 1.82) is 0 Å². The SMILES string of the molecule is CC(C)Cc1cn(C2CCN(c3cncc(C(=O)N4CCCC4)n3)CC2)nn1. The third kappa shape index (κ3) is 4.15. The van der Waals surface area contributed by atoms with Crippen LogP contribution in [-0.4, -0.2) is 61.9 Å². The zero-order valence-electron chi connectivity index (χ0n) is 16.8. The minimum atomic E-state index is 0.00188. The summed E-state index contributed by atoms with van der Waals surface area (Å²) in [7, 11) is 0. The molecule has 0 saturated carbocycles. The Bertz CT molecular complexity index is 804. The van der Waals surface area contributed by atoms with Crippen molar-refractivity contribution < 1.29 is 4.79 Å². The molecule has 150 valence electrons. The van der Waals surface area contributed by atoms with E-state index in [-0.39, 0.29) is 5.91 Å². The van der Waals surface area contributed by atoms with Gasteiger partial charge < -0.3 is 9.80 Å². The average Bonchev–Trinajstić information content (AvgIpc) is 3.39. The third-order valence-electron chi connectivity index (χ3n) is 5.57. The highest BCUT2D eigenvalue weighted by atomic mass is 16.2. The first-order valence-electron chi connectivity index (χ1n) is 10.4. The van der Waals surface area contributed by atoms with E-state index in [0.717, 1.165) is 69.8 Å². The quantitative estimate of drug-likeness (QED) is 0.788. The molecule has 0 unspecified atom stereocenters. The lowest BCUT2D eigenvalue weighted by Gasteiger charge is -2.32. The van der Waals surface area contributed by atoms with Crippen molar-refractivity contribution in [3.63, 3.8) is 0 Å². The Morgan fingerprint density at radius 3 is 2.61 bits per heavy atom. The molecule has 0 atom stereocenters. The molecular weight excluding hydrogens is 354 g/mol. The Morgan fingerprint density at radius 2 is 1.89 bits per heavy atom. The van der Waals surface area contributed by atoms with Gasteiger partial charge in [0.05, 0.1) is 24.1 Å². The fourth-order valence-corrected chi connectivity index (χ4v) is 4.06. The Balaban J connectivity index is 1.38. The maximum absolute atomic E-state index is 12.6. The molecule has 8 nitrogen and oxygen atoms in total. The molecule has 8 heteroatoms. The molecular formula is C20H29N7O. The fraction of sp³-hybridized carbons (Fsp3) is 0.650. The van der Waals surface area contributed by atoms with Crippen LogP contribution in [-0.2, 0) is 6.42 Å². The van der Waals surface area contributed by atoms with Crippen molar-refractivity contribution in [3.8, 4) is 0 Å². The van der Waals surface area contributed by atoms with Crippen LogP contribution < -0.4 is 4.90 Å². The van der Waals surface area contributed by atoms with E-state index in [0.29, 0.717) is 17.7 Å². The van der Waals surface area contributed by atoms with Crippen LogP contribution in [0.2, 0.25) is 0 Å². The Morgan fingerprint density at radius 1 is 1.14 bits per heavy atom. The summed E-state index contributed by atoms with van der Waals surface area (Å²) < 4.78 is 2.02. The van der Waals surface area contributed by atoms with Crippen molar-refractivity contribution in [2.75, 3.05) is 31.1 Å². The van der Waals surface area contributed by atoms with Crippen molar-refractivity contribution in [2.45, 2.75) is 52.0 Å². The van der Waals surface area contributed by atoms with Gasteiger partial charge in [-0.2, -0.15) is 0 Å². The molecule has 28 heavy (non-hydrogen) atoms. The van der Waals surface area contributed by atoms with Crippen LogP contribution >= 0.6 is 0 Å². The van der Waals surface area contributed by atoms with Gasteiger partial charge in [0, 0.05) is 32.4 Å². The number of aromatic nitrogens is 5. The van der Waals surface area contributed by atoms with Crippen molar-refractivity contribution in [1.82, 2.24) is 29.9 Å². The number of hydrogen-bond acceptors (Lipinski definition) is 6. The standard InChI is InChI=1S/C20H29N7O/c1-15(2)11-16-14-27(24-23-16)17-5-9-25(10-6-17)19-13-21-12-18(22-19)20(28)26-7-3-4-8-26/h12-15,17H,3-11H2,1-2H3. The Hall–Kier alpha value is -2.51. The first kappa shape index (κ1) is 18.8. The summed E-state index contributed by atoms with van der Waals surface area (Å²) in [6.07, 6.45) is 10.5. The minimum Gasteiger partial charge on any atom is -0.355 e. The van der Waals surface area contributed by atoms with Gasteiger partial charge in [-0.3, -0.25) is 9.78 Å². The highest BCUT2D eigenvalue weighted by Gasteiger charge is 2.25. The van der Waals surface area contributed by atoms with E-state index in [4.69, 9.17) is 0 Å². The van der Waals surface area contributed by atoms with Crippen LogP contribution in [0.1, 0.15) is 61.8 Å². The van der Waals surface area contributed by atoms with Gasteiger partial charge in [0.25, 0.3) is 5.91 Å². The molecule has 2 aliphatic rings. The summed E-state index contributed by atoms with van der Waals surface area (Å²) in [5, 5.41) is 8.65. The molecule has 1 amide bonds. The lowest BCUT2D eigenvalue weighted by Crippen LogP contribution is -2.36. The second kappa shape index (κ2) is 8.24. The van der Waals surface area contributed by atoms with Crippen molar-refractivity contribution in [2.24, 2.45) is 5.92 Å². The number of piperidine rings is 1. The van der Waals surface area contributed by atoms with E-state index < -0.39 is 0 Å². The Kier molecular flexibility index (Phi) is 5.54. The lowest BCUT2D eigenvalue weighted by atomic mass is 10.1. The number of nitrogens with zero attached hydrogens (tertiary/aromatic N) is 7. The number of anilines is 1. The van der Waals surface area contributed by atoms with Gasteiger partial charge in [0.15, 0.2) is 0 Å². The molecule has 2 aliphatic heterocycles. The molecule has 2 fully saturated rings. The summed E-state index contributed by atoms with van der Waals surface area (Å²) in [6.45, 7) is 7.79. The van der Waals surface area contributed by atoms with Gasteiger partial charge in [-0.05, 0) is 38.0 Å². The molecule has 0 N–H and O–H groups in total. The maximum Gasteiger partial charge on any atom is 0.274 e. The highest BCUT2D eigenvalue weighted by Crippen LogP contribution is 2.25. The van der Waals surface area contributed by atoms with E-state index in [1.54, 1.807) is 12.4 Å². The predicted octanol–water partition coefficient (Wildman–Crippen LogP) is 2.34. The first-order valence-corrected chi connectivity index (χ1v) is 10.4. The van der Waals surface area contributed by atoms with E-state index in [1.807, 2.05) is 9.58 Å². The molecule has 0 spiro atoms. The van der Waals surface area contributed by atoms with Crippen LogP contribution in [0.25, 0.3) is 0 Å². The third-order valence-corrected chi connectivity index (χ3v) is 5.57. The Labute approximate surface area is 166 Å². The van der Waals surface area contributed by atoms with Crippen LogP contribution in [0.4, 0.5) is 5.82 Å². The zero-order valence-corrected chi connectivity index (χ0v) is 16.8. The van der Waals surface area contributed by atoms with E-state index in [9.17, 15) is 4.79 Å². The van der Waals surface area contributed by atoms with Crippen molar-refractivity contribution in [3.05, 3.63) is 30.0 Å². The monoisotopic (exact) mass is 383 g/mol. The van der Waals surface area contributed by atoms with Gasteiger partial charge >= 0.3 is 0 Å². The van der Waals surface area contributed by atoms with Crippen LogP contribution in [0.15, 0.2) is 18.6 Å². The van der Waals surface area contributed by atoms with Crippen LogP contribution in [0.3, 0.4) is 0 Å². The van der Waals surface area contributed by atoms with E-state index in [2.05, 4.69) is 45.2 Å². The predicted molar refractivity (Wildman–Crippen MR) is 106 cm³/mol. The first-order chi connectivity index (χ1) is 13.6. The summed E-state index contributed by atoms with van der Waals surface area (Å²) in [4.78, 5) is 25.6. The van der Waals surface area contributed by atoms with Gasteiger partial charge in [0.1, 0.15) is 11.5 Å². The summed E-state index contributed by atoms with van der Waals surface area (Å²) in [5.41, 5.74) is 1.52. The average molecular weight is 384 g/mol. The second-order valence-corrected chi connectivity index (χ2v) is 8.27. The molecule has 4 heterocycles. The molecule has 2 aromatic rings. The molecule has 2 saturated heterocycles. The second-order valence-electron chi connectivity index (χ2n) is 8.27. The topological polar surface area (TPSA) is 80.0 Å². The van der Waals surface area contributed by atoms with Gasteiger partial charge in [-0.15, -0.1) is 5.10 Å². The number of amides is 1. The summed E-state index contributed by atoms with van der Waals surface area (Å²) in [5.74, 6) is 1.38. The van der Waals surface area contributed by atoms with Crippen molar-refractivity contribution >= 4 is 11.7 Å². The van der Waals surface area contributed by atoms with Gasteiger partial charge in [-0.1, -0.05) is 19.1 Å². The number of rotatable bonds is 5. The number of likely N-dealkylation sites (tertiary alicyclic amines) is 1. The van der Waals surface area contributed by atoms with Crippen LogP contribution in [0.5, 0.6) is 0 Å². The summed E-state index contributed by atoms with van der Waals surface area (Å²) in [6, 6.07) is 0.368. The smallest absolute Gasteiger partial charge is 0.274 e. The number of carbonyl (C=O) groups excluding carboxylic acids is 1. The molecule has 0 radical (unpaired) electrons. The normalized spacial score (nSPS) is 18.2. The highest BCUT2D eigenvalue weighted by molar-refractivity contribution is 5.92. The number of hydrogen-bond donors (Lipinski definition) is 0.